The Bertz CT molecular complexity index is 902. The van der Waals surface area contributed by atoms with Crippen LogP contribution in [-0.2, 0) is 22.5 Å². The third kappa shape index (κ3) is 6.20. The second-order valence-corrected chi connectivity index (χ2v) is 7.20. The molecular weight excluding hydrogens is 376 g/mol. The lowest BCUT2D eigenvalue weighted by Crippen LogP contribution is -2.46. The molecule has 3 aromatic rings. The van der Waals surface area contributed by atoms with Crippen LogP contribution < -0.4 is 5.32 Å². The maximum atomic E-state index is 13.0. The zero-order valence-corrected chi connectivity index (χ0v) is 17.5. The van der Waals surface area contributed by atoms with Gasteiger partial charge in [-0.3, -0.25) is 4.79 Å². The SMILES string of the molecule is COCCN(C)C(=O)[C@H](Cc1ccccc1)NCc1ccc(-c2cncnc2)cc1. The molecule has 0 aliphatic rings. The molecule has 0 fully saturated rings. The fourth-order valence-electron chi connectivity index (χ4n) is 3.21. The summed E-state index contributed by atoms with van der Waals surface area (Å²) in [4.78, 5) is 22.9. The third-order valence-corrected chi connectivity index (χ3v) is 4.99. The Kier molecular flexibility index (Phi) is 8.06. The van der Waals surface area contributed by atoms with E-state index in [2.05, 4.69) is 39.6 Å². The summed E-state index contributed by atoms with van der Waals surface area (Å²) in [7, 11) is 3.46. The molecule has 30 heavy (non-hydrogen) atoms. The van der Waals surface area contributed by atoms with Crippen LogP contribution in [0.5, 0.6) is 0 Å². The summed E-state index contributed by atoms with van der Waals surface area (Å²) in [6.07, 6.45) is 5.75. The van der Waals surface area contributed by atoms with Crippen LogP contribution in [0.3, 0.4) is 0 Å². The fraction of sp³-hybridized carbons (Fsp3) is 0.292. The van der Waals surface area contributed by atoms with Gasteiger partial charge in [0.2, 0.25) is 5.91 Å². The molecule has 1 amide bonds. The van der Waals surface area contributed by atoms with E-state index in [1.807, 2.05) is 37.4 Å². The molecule has 0 radical (unpaired) electrons. The van der Waals surface area contributed by atoms with Gasteiger partial charge in [0.05, 0.1) is 12.6 Å². The number of benzene rings is 2. The quantitative estimate of drug-likeness (QED) is 0.563. The van der Waals surface area contributed by atoms with Crippen molar-refractivity contribution in [1.29, 1.82) is 0 Å². The highest BCUT2D eigenvalue weighted by Crippen LogP contribution is 2.17. The van der Waals surface area contributed by atoms with Gasteiger partial charge in [-0.25, -0.2) is 9.97 Å². The molecule has 0 saturated heterocycles. The smallest absolute Gasteiger partial charge is 0.239 e. The van der Waals surface area contributed by atoms with Crippen LogP contribution in [-0.4, -0.2) is 54.1 Å². The number of hydrogen-bond acceptors (Lipinski definition) is 5. The van der Waals surface area contributed by atoms with Crippen LogP contribution in [0.4, 0.5) is 0 Å². The first-order valence-electron chi connectivity index (χ1n) is 10.0. The largest absolute Gasteiger partial charge is 0.383 e. The molecule has 3 rings (SSSR count). The molecule has 1 N–H and O–H groups in total. The monoisotopic (exact) mass is 404 g/mol. The van der Waals surface area contributed by atoms with Gasteiger partial charge in [0.15, 0.2) is 0 Å². The number of methoxy groups -OCH3 is 1. The number of carbonyl (C=O) groups excluding carboxylic acids is 1. The van der Waals surface area contributed by atoms with E-state index in [0.29, 0.717) is 26.1 Å². The van der Waals surface area contributed by atoms with Crippen molar-refractivity contribution in [3.05, 3.63) is 84.4 Å². The van der Waals surface area contributed by atoms with E-state index in [0.717, 1.165) is 22.3 Å². The van der Waals surface area contributed by atoms with Crippen molar-refractivity contribution in [3.63, 3.8) is 0 Å². The van der Waals surface area contributed by atoms with Crippen LogP contribution >= 0.6 is 0 Å². The standard InChI is InChI=1S/C24H28N4O2/c1-28(12-13-30-2)24(29)23(14-19-6-4-3-5-7-19)27-15-20-8-10-21(11-9-20)22-16-25-18-26-17-22/h3-11,16-18,23,27H,12-15H2,1-2H3/t23-/m0/s1. The summed E-state index contributed by atoms with van der Waals surface area (Å²) in [5, 5.41) is 3.44. The van der Waals surface area contributed by atoms with E-state index in [4.69, 9.17) is 4.74 Å². The number of amides is 1. The summed E-state index contributed by atoms with van der Waals surface area (Å²) < 4.78 is 5.11. The zero-order chi connectivity index (χ0) is 21.2. The number of ether oxygens (including phenoxy) is 1. The van der Waals surface area contributed by atoms with Crippen LogP contribution in [0.2, 0.25) is 0 Å². The Morgan fingerprint density at radius 2 is 1.70 bits per heavy atom. The molecule has 0 aliphatic carbocycles. The third-order valence-electron chi connectivity index (χ3n) is 4.99. The van der Waals surface area contributed by atoms with Crippen LogP contribution in [0.1, 0.15) is 11.1 Å². The highest BCUT2D eigenvalue weighted by Gasteiger charge is 2.22. The van der Waals surface area contributed by atoms with Crippen molar-refractivity contribution in [3.8, 4) is 11.1 Å². The molecule has 6 heteroatoms. The number of nitrogens with one attached hydrogen (secondary N) is 1. The number of hydrogen-bond donors (Lipinski definition) is 1. The molecule has 1 atom stereocenters. The van der Waals surface area contributed by atoms with Crippen molar-refractivity contribution in [2.24, 2.45) is 0 Å². The number of likely N-dealkylation sites (N-methyl/N-ethyl adjacent to an activating group) is 1. The van der Waals surface area contributed by atoms with Crippen molar-refractivity contribution in [1.82, 2.24) is 20.2 Å². The minimum absolute atomic E-state index is 0.0638. The van der Waals surface area contributed by atoms with Gasteiger partial charge in [0.1, 0.15) is 6.33 Å². The van der Waals surface area contributed by atoms with E-state index >= 15 is 0 Å². The fourth-order valence-corrected chi connectivity index (χ4v) is 3.21. The van der Waals surface area contributed by atoms with E-state index in [1.165, 1.54) is 6.33 Å². The van der Waals surface area contributed by atoms with Gasteiger partial charge in [-0.05, 0) is 23.1 Å². The number of carbonyl (C=O) groups is 1. The van der Waals surface area contributed by atoms with Crippen LogP contribution in [0.15, 0.2) is 73.3 Å². The molecular formula is C24H28N4O2. The van der Waals surface area contributed by atoms with Gasteiger partial charge >= 0.3 is 0 Å². The van der Waals surface area contributed by atoms with Crippen molar-refractivity contribution < 1.29 is 9.53 Å². The molecule has 0 saturated carbocycles. The molecule has 2 aromatic carbocycles. The Hall–Kier alpha value is -3.09. The number of rotatable bonds is 10. The maximum absolute atomic E-state index is 13.0. The van der Waals surface area contributed by atoms with Crippen molar-refractivity contribution in [2.75, 3.05) is 27.3 Å². The van der Waals surface area contributed by atoms with E-state index < -0.39 is 0 Å². The summed E-state index contributed by atoms with van der Waals surface area (Å²) in [6, 6.07) is 18.0. The minimum atomic E-state index is -0.309. The minimum Gasteiger partial charge on any atom is -0.383 e. The first-order valence-corrected chi connectivity index (χ1v) is 10.0. The lowest BCUT2D eigenvalue weighted by Gasteiger charge is -2.25. The summed E-state index contributed by atoms with van der Waals surface area (Å²) >= 11 is 0. The molecule has 0 spiro atoms. The Morgan fingerprint density at radius 1 is 1.00 bits per heavy atom. The predicted octanol–water partition coefficient (Wildman–Crippen LogP) is 2.95. The molecule has 1 heterocycles. The summed E-state index contributed by atoms with van der Waals surface area (Å²) in [6.45, 7) is 1.69. The first kappa shape index (κ1) is 21.6. The Labute approximate surface area is 177 Å². The number of nitrogens with zero attached hydrogens (tertiary/aromatic N) is 3. The summed E-state index contributed by atoms with van der Waals surface area (Å²) in [5.41, 5.74) is 4.29. The number of aromatic nitrogens is 2. The summed E-state index contributed by atoms with van der Waals surface area (Å²) in [5.74, 6) is 0.0638. The van der Waals surface area contributed by atoms with E-state index in [-0.39, 0.29) is 11.9 Å². The van der Waals surface area contributed by atoms with Crippen molar-refractivity contribution in [2.45, 2.75) is 19.0 Å². The first-order chi connectivity index (χ1) is 14.7. The second kappa shape index (κ2) is 11.2. The average Bonchev–Trinajstić information content (AvgIpc) is 2.81. The predicted molar refractivity (Wildman–Crippen MR) is 118 cm³/mol. The van der Waals surface area contributed by atoms with Gasteiger partial charge in [-0.2, -0.15) is 0 Å². The van der Waals surface area contributed by atoms with Crippen LogP contribution in [0, 0.1) is 0 Å². The van der Waals surface area contributed by atoms with E-state index in [1.54, 1.807) is 24.4 Å². The van der Waals surface area contributed by atoms with Gasteiger partial charge in [-0.1, -0.05) is 54.6 Å². The lowest BCUT2D eigenvalue weighted by molar-refractivity contribution is -0.132. The second-order valence-electron chi connectivity index (χ2n) is 7.20. The highest BCUT2D eigenvalue weighted by molar-refractivity contribution is 5.82. The lowest BCUT2D eigenvalue weighted by atomic mass is 10.0. The van der Waals surface area contributed by atoms with Gasteiger partial charge < -0.3 is 15.0 Å². The maximum Gasteiger partial charge on any atom is 0.239 e. The molecule has 1 aromatic heterocycles. The van der Waals surface area contributed by atoms with Gasteiger partial charge in [0.25, 0.3) is 0 Å². The van der Waals surface area contributed by atoms with Gasteiger partial charge in [0, 0.05) is 45.2 Å². The molecule has 0 aliphatic heterocycles. The van der Waals surface area contributed by atoms with Crippen molar-refractivity contribution >= 4 is 5.91 Å². The van der Waals surface area contributed by atoms with E-state index in [9.17, 15) is 4.79 Å². The molecule has 6 nitrogen and oxygen atoms in total. The van der Waals surface area contributed by atoms with Crippen LogP contribution in [0.25, 0.3) is 11.1 Å². The zero-order valence-electron chi connectivity index (χ0n) is 17.5. The highest BCUT2D eigenvalue weighted by atomic mass is 16.5. The molecule has 0 unspecified atom stereocenters. The average molecular weight is 405 g/mol. The topological polar surface area (TPSA) is 67.3 Å². The molecule has 156 valence electrons. The normalized spacial score (nSPS) is 11.8. The Morgan fingerprint density at radius 3 is 2.37 bits per heavy atom. The van der Waals surface area contributed by atoms with Gasteiger partial charge in [-0.15, -0.1) is 0 Å². The Balaban J connectivity index is 1.67. The molecule has 0 bridgehead atoms.